The van der Waals surface area contributed by atoms with Crippen LogP contribution in [0.4, 0.5) is 0 Å². The van der Waals surface area contributed by atoms with Gasteiger partial charge in [0.15, 0.2) is 6.10 Å². The zero-order valence-electron chi connectivity index (χ0n) is 15.4. The lowest BCUT2D eigenvalue weighted by molar-refractivity contribution is -0.136. The Morgan fingerprint density at radius 1 is 1.19 bits per heavy atom. The van der Waals surface area contributed by atoms with Crippen molar-refractivity contribution in [1.82, 2.24) is 4.90 Å². The molecule has 0 spiro atoms. The van der Waals surface area contributed by atoms with Crippen LogP contribution in [0.2, 0.25) is 10.0 Å². The van der Waals surface area contributed by atoms with Crippen molar-refractivity contribution < 1.29 is 9.63 Å². The molecule has 0 aliphatic carbocycles. The van der Waals surface area contributed by atoms with Crippen LogP contribution in [-0.4, -0.2) is 29.2 Å². The summed E-state index contributed by atoms with van der Waals surface area (Å²) in [5, 5.41) is 5.56. The first-order chi connectivity index (χ1) is 12.9. The summed E-state index contributed by atoms with van der Waals surface area (Å²) in [5.41, 5.74) is 2.85. The summed E-state index contributed by atoms with van der Waals surface area (Å²) in [7, 11) is 0. The molecule has 2 aromatic carbocycles. The normalized spacial score (nSPS) is 16.2. The van der Waals surface area contributed by atoms with E-state index < -0.39 is 0 Å². The second-order valence-electron chi connectivity index (χ2n) is 6.98. The van der Waals surface area contributed by atoms with Crippen molar-refractivity contribution >= 4 is 34.8 Å². The van der Waals surface area contributed by atoms with Gasteiger partial charge < -0.3 is 9.74 Å². The van der Waals surface area contributed by atoms with Crippen LogP contribution in [0.25, 0.3) is 0 Å². The maximum Gasteiger partial charge on any atom is 0.225 e. The molecule has 6 heteroatoms. The second kappa shape index (κ2) is 8.77. The van der Waals surface area contributed by atoms with E-state index in [1.807, 2.05) is 67.3 Å². The number of hydrogen-bond acceptors (Lipinski definition) is 3. The number of benzene rings is 2. The number of nitrogens with zero attached hydrogens (tertiary/aromatic N) is 2. The van der Waals surface area contributed by atoms with Gasteiger partial charge in [0.2, 0.25) is 5.91 Å². The van der Waals surface area contributed by atoms with Gasteiger partial charge in [-0.3, -0.25) is 4.79 Å². The minimum atomic E-state index is -0.169. The van der Waals surface area contributed by atoms with Gasteiger partial charge in [-0.25, -0.2) is 0 Å². The molecule has 1 amide bonds. The average molecular weight is 405 g/mol. The monoisotopic (exact) mass is 404 g/mol. The molecule has 0 saturated carbocycles. The molecule has 1 heterocycles. The van der Waals surface area contributed by atoms with E-state index in [1.54, 1.807) is 0 Å². The van der Waals surface area contributed by atoms with E-state index in [2.05, 4.69) is 5.16 Å². The molecular formula is C21H22Cl2N2O2. The summed E-state index contributed by atoms with van der Waals surface area (Å²) in [6, 6.07) is 15.1. The van der Waals surface area contributed by atoms with Crippen molar-refractivity contribution in [1.29, 1.82) is 0 Å². The number of rotatable bonds is 6. The lowest BCUT2D eigenvalue weighted by atomic mass is 10.0. The molecule has 0 unspecified atom stereocenters. The van der Waals surface area contributed by atoms with Gasteiger partial charge >= 0.3 is 0 Å². The summed E-state index contributed by atoms with van der Waals surface area (Å²) in [6.07, 6.45) is 0.483. The van der Waals surface area contributed by atoms with Crippen molar-refractivity contribution in [3.05, 3.63) is 69.7 Å². The van der Waals surface area contributed by atoms with Crippen LogP contribution in [0.5, 0.6) is 0 Å². The number of halogens is 2. The van der Waals surface area contributed by atoms with Crippen molar-refractivity contribution in [3.8, 4) is 0 Å². The number of carbonyl (C=O) groups is 1. The molecular weight excluding hydrogens is 383 g/mol. The number of hydrogen-bond donors (Lipinski definition) is 0. The van der Waals surface area contributed by atoms with E-state index in [4.69, 9.17) is 28.0 Å². The highest BCUT2D eigenvalue weighted by atomic mass is 35.5. The molecule has 0 radical (unpaired) electrons. The highest BCUT2D eigenvalue weighted by Crippen LogP contribution is 2.21. The fourth-order valence-corrected chi connectivity index (χ4v) is 3.38. The van der Waals surface area contributed by atoms with Crippen LogP contribution >= 0.6 is 23.2 Å². The Balaban J connectivity index is 1.68. The van der Waals surface area contributed by atoms with Gasteiger partial charge in [-0.1, -0.05) is 66.5 Å². The van der Waals surface area contributed by atoms with Gasteiger partial charge in [-0.15, -0.1) is 0 Å². The standard InChI is InChI=1S/C21H22Cl2N2O2/c1-14(2)21(26)25(12-15-4-3-5-18(23)10-15)13-19-11-20(24-27-19)16-6-8-17(22)9-7-16/h3-10,14,19H,11-13H2,1-2H3/t19-/m1/s1. The second-order valence-corrected chi connectivity index (χ2v) is 7.85. The molecule has 0 bridgehead atoms. The molecule has 142 valence electrons. The smallest absolute Gasteiger partial charge is 0.225 e. The zero-order chi connectivity index (χ0) is 19.4. The summed E-state index contributed by atoms with van der Waals surface area (Å²) >= 11 is 12.0. The SMILES string of the molecule is CC(C)C(=O)N(Cc1cccc(Cl)c1)C[C@H]1CC(c2ccc(Cl)cc2)=NO1. The Labute approximate surface area is 169 Å². The maximum absolute atomic E-state index is 12.7. The van der Waals surface area contributed by atoms with Gasteiger partial charge in [0.1, 0.15) is 0 Å². The van der Waals surface area contributed by atoms with E-state index in [-0.39, 0.29) is 17.9 Å². The van der Waals surface area contributed by atoms with Gasteiger partial charge in [0.25, 0.3) is 0 Å². The third kappa shape index (κ3) is 5.24. The summed E-state index contributed by atoms with van der Waals surface area (Å²) < 4.78 is 0. The van der Waals surface area contributed by atoms with Crippen molar-refractivity contribution in [2.24, 2.45) is 11.1 Å². The third-order valence-electron chi connectivity index (χ3n) is 4.40. The quantitative estimate of drug-likeness (QED) is 0.665. The fourth-order valence-electron chi connectivity index (χ4n) is 3.04. The Hall–Kier alpha value is -2.04. The Kier molecular flexibility index (Phi) is 6.40. The first-order valence-corrected chi connectivity index (χ1v) is 9.70. The first-order valence-electron chi connectivity index (χ1n) is 8.94. The molecule has 1 aliphatic rings. The van der Waals surface area contributed by atoms with Crippen LogP contribution in [0.1, 0.15) is 31.4 Å². The molecule has 0 N–H and O–H groups in total. The third-order valence-corrected chi connectivity index (χ3v) is 4.89. The van der Waals surface area contributed by atoms with E-state index in [9.17, 15) is 4.79 Å². The van der Waals surface area contributed by atoms with Crippen LogP contribution in [-0.2, 0) is 16.2 Å². The Morgan fingerprint density at radius 3 is 2.59 bits per heavy atom. The highest BCUT2D eigenvalue weighted by Gasteiger charge is 2.27. The first kappa shape index (κ1) is 19.7. The molecule has 1 aliphatic heterocycles. The molecule has 1 atom stereocenters. The number of amides is 1. The predicted molar refractivity (Wildman–Crippen MR) is 109 cm³/mol. The van der Waals surface area contributed by atoms with Crippen LogP contribution < -0.4 is 0 Å². The Morgan fingerprint density at radius 2 is 1.93 bits per heavy atom. The van der Waals surface area contributed by atoms with E-state index in [1.165, 1.54) is 0 Å². The summed E-state index contributed by atoms with van der Waals surface area (Å²) in [4.78, 5) is 20.1. The lowest BCUT2D eigenvalue weighted by Crippen LogP contribution is -2.39. The van der Waals surface area contributed by atoms with Gasteiger partial charge in [0, 0.05) is 28.9 Å². The van der Waals surface area contributed by atoms with E-state index >= 15 is 0 Å². The largest absolute Gasteiger partial charge is 0.390 e. The van der Waals surface area contributed by atoms with E-state index in [0.29, 0.717) is 29.6 Å². The van der Waals surface area contributed by atoms with Gasteiger partial charge in [-0.05, 0) is 35.4 Å². The minimum Gasteiger partial charge on any atom is -0.390 e. The average Bonchev–Trinajstić information content (AvgIpc) is 3.09. The number of carbonyl (C=O) groups excluding carboxylic acids is 1. The molecule has 0 fully saturated rings. The van der Waals surface area contributed by atoms with Crippen LogP contribution in [0, 0.1) is 5.92 Å². The summed E-state index contributed by atoms with van der Waals surface area (Å²) in [5.74, 6) is -0.0132. The lowest BCUT2D eigenvalue weighted by Gasteiger charge is -2.26. The molecule has 0 aromatic heterocycles. The van der Waals surface area contributed by atoms with Crippen molar-refractivity contribution in [2.75, 3.05) is 6.54 Å². The fraction of sp³-hybridized carbons (Fsp3) is 0.333. The van der Waals surface area contributed by atoms with Crippen LogP contribution in [0.15, 0.2) is 53.7 Å². The van der Waals surface area contributed by atoms with Crippen molar-refractivity contribution in [3.63, 3.8) is 0 Å². The number of oxime groups is 1. The molecule has 4 nitrogen and oxygen atoms in total. The molecule has 3 rings (SSSR count). The predicted octanol–water partition coefficient (Wildman–Crippen LogP) is 5.17. The summed E-state index contributed by atoms with van der Waals surface area (Å²) in [6.45, 7) is 4.77. The molecule has 27 heavy (non-hydrogen) atoms. The highest BCUT2D eigenvalue weighted by molar-refractivity contribution is 6.31. The maximum atomic E-state index is 12.7. The van der Waals surface area contributed by atoms with Crippen LogP contribution in [0.3, 0.4) is 0 Å². The topological polar surface area (TPSA) is 41.9 Å². The van der Waals surface area contributed by atoms with Gasteiger partial charge in [0.05, 0.1) is 12.3 Å². The molecule has 2 aromatic rings. The van der Waals surface area contributed by atoms with Crippen molar-refractivity contribution in [2.45, 2.75) is 32.9 Å². The zero-order valence-corrected chi connectivity index (χ0v) is 16.9. The minimum absolute atomic E-state index is 0.0820. The van der Waals surface area contributed by atoms with Gasteiger partial charge in [-0.2, -0.15) is 0 Å². The Bertz CT molecular complexity index is 834. The molecule has 0 saturated heterocycles. The van der Waals surface area contributed by atoms with E-state index in [0.717, 1.165) is 16.8 Å².